The predicted molar refractivity (Wildman–Crippen MR) is 64.0 cm³/mol. The second kappa shape index (κ2) is 3.75. The standard InChI is InChI=1S/C14H16O2/c1-5-14(6-7-14)11-8-12(15-3)10(2)13(9-11)16-4/h1,8-9H,6-7H2,2-4H3. The van der Waals surface area contributed by atoms with E-state index in [2.05, 4.69) is 5.92 Å². The first-order valence-electron chi connectivity index (χ1n) is 5.38. The molecule has 84 valence electrons. The summed E-state index contributed by atoms with van der Waals surface area (Å²) in [6.07, 6.45) is 7.70. The number of benzene rings is 1. The molecule has 0 radical (unpaired) electrons. The van der Waals surface area contributed by atoms with Crippen molar-refractivity contribution in [3.8, 4) is 23.8 Å². The summed E-state index contributed by atoms with van der Waals surface area (Å²) in [5.74, 6) is 4.57. The summed E-state index contributed by atoms with van der Waals surface area (Å²) in [6, 6.07) is 4.06. The number of rotatable bonds is 3. The maximum atomic E-state index is 5.59. The van der Waals surface area contributed by atoms with E-state index in [-0.39, 0.29) is 5.41 Å². The van der Waals surface area contributed by atoms with Gasteiger partial charge in [-0.3, -0.25) is 0 Å². The van der Waals surface area contributed by atoms with Crippen molar-refractivity contribution < 1.29 is 9.47 Å². The van der Waals surface area contributed by atoms with Crippen molar-refractivity contribution in [3.63, 3.8) is 0 Å². The zero-order chi connectivity index (χ0) is 11.8. The van der Waals surface area contributed by atoms with Crippen LogP contribution >= 0.6 is 0 Å². The lowest BCUT2D eigenvalue weighted by atomic mass is 9.95. The fourth-order valence-electron chi connectivity index (χ4n) is 2.00. The quantitative estimate of drug-likeness (QED) is 0.723. The summed E-state index contributed by atoms with van der Waals surface area (Å²) in [7, 11) is 3.34. The first-order chi connectivity index (χ1) is 7.66. The molecule has 2 rings (SSSR count). The molecule has 0 amide bonds. The fourth-order valence-corrected chi connectivity index (χ4v) is 2.00. The molecule has 0 spiro atoms. The van der Waals surface area contributed by atoms with E-state index in [1.807, 2.05) is 19.1 Å². The van der Waals surface area contributed by atoms with E-state index in [9.17, 15) is 0 Å². The van der Waals surface area contributed by atoms with Crippen molar-refractivity contribution in [1.29, 1.82) is 0 Å². The van der Waals surface area contributed by atoms with E-state index in [0.717, 1.165) is 35.5 Å². The SMILES string of the molecule is C#CC1(c2cc(OC)c(C)c(OC)c2)CC1. The highest BCUT2D eigenvalue weighted by molar-refractivity contribution is 5.53. The van der Waals surface area contributed by atoms with E-state index < -0.39 is 0 Å². The van der Waals surface area contributed by atoms with Gasteiger partial charge in [-0.2, -0.15) is 0 Å². The summed E-state index contributed by atoms with van der Waals surface area (Å²) in [5, 5.41) is 0. The highest BCUT2D eigenvalue weighted by Gasteiger charge is 2.43. The van der Waals surface area contributed by atoms with E-state index in [4.69, 9.17) is 15.9 Å². The number of hydrogen-bond acceptors (Lipinski definition) is 2. The van der Waals surface area contributed by atoms with Crippen LogP contribution in [0.15, 0.2) is 12.1 Å². The van der Waals surface area contributed by atoms with Gasteiger partial charge in [0, 0.05) is 5.56 Å². The minimum atomic E-state index is -0.0751. The van der Waals surface area contributed by atoms with Crippen molar-refractivity contribution in [2.45, 2.75) is 25.2 Å². The second-order valence-corrected chi connectivity index (χ2v) is 4.23. The molecule has 1 fully saturated rings. The molecule has 0 aliphatic heterocycles. The first-order valence-corrected chi connectivity index (χ1v) is 5.38. The molecule has 0 atom stereocenters. The maximum absolute atomic E-state index is 5.59. The van der Waals surface area contributed by atoms with Crippen molar-refractivity contribution in [2.75, 3.05) is 14.2 Å². The monoisotopic (exact) mass is 216 g/mol. The van der Waals surface area contributed by atoms with Crippen LogP contribution in [0, 0.1) is 19.3 Å². The minimum absolute atomic E-state index is 0.0751. The summed E-state index contributed by atoms with van der Waals surface area (Å²) in [5.41, 5.74) is 2.07. The van der Waals surface area contributed by atoms with Gasteiger partial charge in [0.05, 0.1) is 19.6 Å². The van der Waals surface area contributed by atoms with Crippen LogP contribution in [0.3, 0.4) is 0 Å². The minimum Gasteiger partial charge on any atom is -0.496 e. The maximum Gasteiger partial charge on any atom is 0.125 e. The molecular formula is C14H16O2. The van der Waals surface area contributed by atoms with Gasteiger partial charge in [0.15, 0.2) is 0 Å². The Morgan fingerprint density at radius 1 is 1.19 bits per heavy atom. The molecule has 0 unspecified atom stereocenters. The van der Waals surface area contributed by atoms with Crippen molar-refractivity contribution in [1.82, 2.24) is 0 Å². The third-order valence-electron chi connectivity index (χ3n) is 3.33. The van der Waals surface area contributed by atoms with Gasteiger partial charge in [0.2, 0.25) is 0 Å². The van der Waals surface area contributed by atoms with E-state index in [1.165, 1.54) is 0 Å². The van der Waals surface area contributed by atoms with E-state index in [1.54, 1.807) is 14.2 Å². The topological polar surface area (TPSA) is 18.5 Å². The first kappa shape index (κ1) is 10.9. The van der Waals surface area contributed by atoms with Gasteiger partial charge in [-0.1, -0.05) is 5.92 Å². The highest BCUT2D eigenvalue weighted by Crippen LogP contribution is 2.49. The van der Waals surface area contributed by atoms with Crippen LogP contribution in [-0.4, -0.2) is 14.2 Å². The van der Waals surface area contributed by atoms with Gasteiger partial charge in [-0.15, -0.1) is 6.42 Å². The molecule has 0 bridgehead atoms. The van der Waals surface area contributed by atoms with Crippen molar-refractivity contribution in [3.05, 3.63) is 23.3 Å². The predicted octanol–water partition coefficient (Wildman–Crippen LogP) is 2.68. The molecule has 1 saturated carbocycles. The lowest BCUT2D eigenvalue weighted by Crippen LogP contribution is -2.04. The van der Waals surface area contributed by atoms with Crippen LogP contribution in [0.25, 0.3) is 0 Å². The third-order valence-corrected chi connectivity index (χ3v) is 3.33. The molecule has 0 aromatic heterocycles. The fraction of sp³-hybridized carbons (Fsp3) is 0.429. The van der Waals surface area contributed by atoms with E-state index in [0.29, 0.717) is 0 Å². The zero-order valence-corrected chi connectivity index (χ0v) is 9.96. The lowest BCUT2D eigenvalue weighted by Gasteiger charge is -2.15. The van der Waals surface area contributed by atoms with Gasteiger partial charge < -0.3 is 9.47 Å². The van der Waals surface area contributed by atoms with Gasteiger partial charge >= 0.3 is 0 Å². The summed E-state index contributed by atoms with van der Waals surface area (Å²) in [4.78, 5) is 0. The van der Waals surface area contributed by atoms with Gasteiger partial charge in [-0.25, -0.2) is 0 Å². The Kier molecular flexibility index (Phi) is 2.55. The third kappa shape index (κ3) is 1.53. The van der Waals surface area contributed by atoms with Crippen LogP contribution in [0.1, 0.15) is 24.0 Å². The Bertz CT molecular complexity index is 425. The van der Waals surface area contributed by atoms with Crippen LogP contribution in [0.5, 0.6) is 11.5 Å². The molecule has 2 heteroatoms. The van der Waals surface area contributed by atoms with Gasteiger partial charge in [0.1, 0.15) is 11.5 Å². The average molecular weight is 216 g/mol. The molecule has 1 aromatic carbocycles. The van der Waals surface area contributed by atoms with Crippen LogP contribution in [-0.2, 0) is 5.41 Å². The molecule has 16 heavy (non-hydrogen) atoms. The molecule has 2 nitrogen and oxygen atoms in total. The van der Waals surface area contributed by atoms with Gasteiger partial charge in [-0.05, 0) is 37.5 Å². The molecule has 0 saturated heterocycles. The molecule has 0 N–H and O–H groups in total. The normalized spacial score (nSPS) is 16.4. The molecular weight excluding hydrogens is 200 g/mol. The highest BCUT2D eigenvalue weighted by atomic mass is 16.5. The molecule has 1 aromatic rings. The Morgan fingerprint density at radius 3 is 2.00 bits per heavy atom. The van der Waals surface area contributed by atoms with Crippen LogP contribution in [0.2, 0.25) is 0 Å². The van der Waals surface area contributed by atoms with E-state index >= 15 is 0 Å². The number of ether oxygens (including phenoxy) is 2. The molecule has 1 aliphatic carbocycles. The van der Waals surface area contributed by atoms with Gasteiger partial charge in [0.25, 0.3) is 0 Å². The Labute approximate surface area is 96.6 Å². The molecule has 0 heterocycles. The lowest BCUT2D eigenvalue weighted by molar-refractivity contribution is 0.387. The average Bonchev–Trinajstić information content (AvgIpc) is 3.10. The van der Waals surface area contributed by atoms with Crippen molar-refractivity contribution in [2.24, 2.45) is 0 Å². The van der Waals surface area contributed by atoms with Crippen molar-refractivity contribution >= 4 is 0 Å². The summed E-state index contributed by atoms with van der Waals surface area (Å²) < 4.78 is 10.7. The molecule has 1 aliphatic rings. The number of hydrogen-bond donors (Lipinski definition) is 0. The zero-order valence-electron chi connectivity index (χ0n) is 9.96. The largest absolute Gasteiger partial charge is 0.496 e. The Balaban J connectivity index is 2.53. The summed E-state index contributed by atoms with van der Waals surface area (Å²) in [6.45, 7) is 1.98. The number of terminal acetylenes is 1. The smallest absolute Gasteiger partial charge is 0.125 e. The van der Waals surface area contributed by atoms with Crippen LogP contribution in [0.4, 0.5) is 0 Å². The van der Waals surface area contributed by atoms with Crippen LogP contribution < -0.4 is 9.47 Å². The Morgan fingerprint density at radius 2 is 1.69 bits per heavy atom. The second-order valence-electron chi connectivity index (χ2n) is 4.23. The Hall–Kier alpha value is -1.62. The summed E-state index contributed by atoms with van der Waals surface area (Å²) >= 11 is 0. The number of methoxy groups -OCH3 is 2.